The van der Waals surface area contributed by atoms with Crippen molar-refractivity contribution >= 4 is 17.4 Å². The molecule has 0 saturated carbocycles. The van der Waals surface area contributed by atoms with Crippen LogP contribution in [0.2, 0.25) is 0 Å². The van der Waals surface area contributed by atoms with Crippen molar-refractivity contribution < 1.29 is 23.2 Å². The summed E-state index contributed by atoms with van der Waals surface area (Å²) >= 11 is 0. The van der Waals surface area contributed by atoms with Gasteiger partial charge >= 0.3 is 5.82 Å². The number of ether oxygens (including phenoxy) is 1. The van der Waals surface area contributed by atoms with E-state index in [1.807, 2.05) is 0 Å². The molecule has 0 radical (unpaired) electrons. The fraction of sp³-hybridized carbons (Fsp3) is 0.143. The maximum absolute atomic E-state index is 13.0. The number of carbonyl (C=O) groups is 1. The minimum atomic E-state index is -1.11. The Bertz CT molecular complexity index is 768. The monoisotopic (exact) mass is 323 g/mol. The molecule has 0 unspecified atom stereocenters. The third-order valence-electron chi connectivity index (χ3n) is 2.71. The Morgan fingerprint density at radius 1 is 1.30 bits per heavy atom. The molecule has 0 spiro atoms. The number of halogens is 2. The minimum Gasteiger partial charge on any atom is -0.476 e. The number of hydrogen-bond acceptors (Lipinski definition) is 5. The van der Waals surface area contributed by atoms with E-state index in [-0.39, 0.29) is 11.4 Å². The van der Waals surface area contributed by atoms with Gasteiger partial charge in [-0.3, -0.25) is 4.79 Å². The van der Waals surface area contributed by atoms with Gasteiger partial charge < -0.3 is 20.2 Å². The Morgan fingerprint density at radius 2 is 2.04 bits per heavy atom. The highest BCUT2D eigenvalue weighted by Crippen LogP contribution is 2.24. The van der Waals surface area contributed by atoms with E-state index in [9.17, 15) is 23.7 Å². The number of aromatic nitrogens is 1. The lowest BCUT2D eigenvalue weighted by Gasteiger charge is -2.08. The molecule has 9 heteroatoms. The molecule has 0 bridgehead atoms. The van der Waals surface area contributed by atoms with E-state index in [1.165, 1.54) is 18.2 Å². The van der Waals surface area contributed by atoms with Crippen LogP contribution in [0.4, 0.5) is 20.3 Å². The summed E-state index contributed by atoms with van der Waals surface area (Å²) in [7, 11) is 0. The Morgan fingerprint density at radius 3 is 2.70 bits per heavy atom. The third kappa shape index (κ3) is 4.19. The molecule has 2 rings (SSSR count). The molecule has 1 N–H and O–H groups in total. The molecular weight excluding hydrogens is 312 g/mol. The molecule has 120 valence electrons. The van der Waals surface area contributed by atoms with Gasteiger partial charge in [0.2, 0.25) is 5.75 Å². The van der Waals surface area contributed by atoms with Gasteiger partial charge in [-0.1, -0.05) is 0 Å². The molecular formula is C14H11F2N3O4. The summed E-state index contributed by atoms with van der Waals surface area (Å²) in [5.74, 6) is -3.51. The van der Waals surface area contributed by atoms with Crippen molar-refractivity contribution in [1.29, 1.82) is 0 Å². The Kier molecular flexibility index (Phi) is 4.79. The number of nitrogens with zero attached hydrogens (tertiary/aromatic N) is 2. The van der Waals surface area contributed by atoms with E-state index >= 15 is 0 Å². The standard InChI is InChI=1S/C14H11F2N3O4/c1-8-2-5-12(14(17-8)19(21)22)23-7-13(20)18-9-3-4-10(15)11(16)6-9/h2-6H,7H2,1H3,(H,18,20). The first-order valence-corrected chi connectivity index (χ1v) is 6.36. The first kappa shape index (κ1) is 16.3. The summed E-state index contributed by atoms with van der Waals surface area (Å²) in [6.07, 6.45) is 0. The van der Waals surface area contributed by atoms with Gasteiger partial charge in [-0.15, -0.1) is 0 Å². The zero-order valence-corrected chi connectivity index (χ0v) is 11.9. The quantitative estimate of drug-likeness (QED) is 0.674. The van der Waals surface area contributed by atoms with Crippen LogP contribution in [0.5, 0.6) is 5.75 Å². The molecule has 2 aromatic rings. The second-order valence-electron chi connectivity index (χ2n) is 4.50. The number of carbonyl (C=O) groups excluding carboxylic acids is 1. The number of benzene rings is 1. The van der Waals surface area contributed by atoms with Crippen LogP contribution in [-0.2, 0) is 4.79 Å². The van der Waals surface area contributed by atoms with Crippen molar-refractivity contribution in [3.8, 4) is 5.75 Å². The Balaban J connectivity index is 2.02. The number of amides is 1. The van der Waals surface area contributed by atoms with Crippen molar-refractivity contribution in [3.63, 3.8) is 0 Å². The molecule has 0 aliphatic heterocycles. The Labute approximate surface area is 129 Å². The van der Waals surface area contributed by atoms with Crippen LogP contribution in [0.25, 0.3) is 0 Å². The number of rotatable bonds is 5. The molecule has 0 fully saturated rings. The van der Waals surface area contributed by atoms with Crippen molar-refractivity contribution in [1.82, 2.24) is 4.98 Å². The largest absolute Gasteiger partial charge is 0.476 e. The molecule has 1 heterocycles. The highest BCUT2D eigenvalue weighted by molar-refractivity contribution is 5.91. The fourth-order valence-corrected chi connectivity index (χ4v) is 1.69. The lowest BCUT2D eigenvalue weighted by atomic mass is 10.3. The van der Waals surface area contributed by atoms with Gasteiger partial charge in [0.25, 0.3) is 5.91 Å². The van der Waals surface area contributed by atoms with Crippen molar-refractivity contribution in [2.24, 2.45) is 0 Å². The molecule has 7 nitrogen and oxygen atoms in total. The number of anilines is 1. The van der Waals surface area contributed by atoms with Crippen molar-refractivity contribution in [3.05, 3.63) is 57.8 Å². The second kappa shape index (κ2) is 6.77. The second-order valence-corrected chi connectivity index (χ2v) is 4.50. The lowest BCUT2D eigenvalue weighted by Crippen LogP contribution is -2.20. The number of aryl methyl sites for hydroxylation is 1. The van der Waals surface area contributed by atoms with Crippen molar-refractivity contribution in [2.45, 2.75) is 6.92 Å². The van der Waals surface area contributed by atoms with E-state index in [2.05, 4.69) is 10.3 Å². The van der Waals surface area contributed by atoms with Crippen LogP contribution >= 0.6 is 0 Å². The highest BCUT2D eigenvalue weighted by atomic mass is 19.2. The van der Waals surface area contributed by atoms with Crippen LogP contribution in [-0.4, -0.2) is 22.4 Å². The van der Waals surface area contributed by atoms with Gasteiger partial charge in [0.05, 0.1) is 0 Å². The maximum atomic E-state index is 13.0. The van der Waals surface area contributed by atoms with Crippen LogP contribution in [0.1, 0.15) is 5.69 Å². The zero-order valence-electron chi connectivity index (χ0n) is 11.9. The van der Waals surface area contributed by atoms with Crippen LogP contribution < -0.4 is 10.1 Å². The first-order chi connectivity index (χ1) is 10.9. The molecule has 0 aliphatic rings. The minimum absolute atomic E-state index is 0.0361. The van der Waals surface area contributed by atoms with E-state index in [0.717, 1.165) is 12.1 Å². The molecule has 23 heavy (non-hydrogen) atoms. The SMILES string of the molecule is Cc1ccc(OCC(=O)Nc2ccc(F)c(F)c2)c([N+](=O)[O-])n1. The lowest BCUT2D eigenvalue weighted by molar-refractivity contribution is -0.390. The van der Waals surface area contributed by atoms with Gasteiger partial charge in [0.15, 0.2) is 18.2 Å². The molecule has 1 aromatic carbocycles. The summed E-state index contributed by atoms with van der Waals surface area (Å²) in [4.78, 5) is 25.5. The van der Waals surface area contributed by atoms with E-state index in [0.29, 0.717) is 5.69 Å². The van der Waals surface area contributed by atoms with Gasteiger partial charge in [0, 0.05) is 18.7 Å². The number of pyridine rings is 1. The molecule has 1 aromatic heterocycles. The summed E-state index contributed by atoms with van der Waals surface area (Å²) in [5, 5.41) is 13.1. The van der Waals surface area contributed by atoms with Gasteiger partial charge in [-0.2, -0.15) is 0 Å². The molecule has 0 atom stereocenters. The number of nitro groups is 1. The zero-order chi connectivity index (χ0) is 17.0. The first-order valence-electron chi connectivity index (χ1n) is 6.36. The topological polar surface area (TPSA) is 94.4 Å². The predicted octanol–water partition coefficient (Wildman–Crippen LogP) is 2.59. The van der Waals surface area contributed by atoms with Crippen LogP contribution in [0.3, 0.4) is 0 Å². The normalized spacial score (nSPS) is 10.2. The molecule has 0 saturated heterocycles. The van der Waals surface area contributed by atoms with Gasteiger partial charge in [0.1, 0.15) is 5.69 Å². The van der Waals surface area contributed by atoms with Crippen molar-refractivity contribution in [2.75, 3.05) is 11.9 Å². The van der Waals surface area contributed by atoms with E-state index < -0.39 is 34.9 Å². The highest BCUT2D eigenvalue weighted by Gasteiger charge is 2.18. The maximum Gasteiger partial charge on any atom is 0.406 e. The smallest absolute Gasteiger partial charge is 0.406 e. The number of nitrogens with one attached hydrogen (secondary N) is 1. The summed E-state index contributed by atoms with van der Waals surface area (Å²) in [6.45, 7) is 1.02. The van der Waals surface area contributed by atoms with E-state index in [4.69, 9.17) is 4.74 Å². The summed E-state index contributed by atoms with van der Waals surface area (Å²) in [5.41, 5.74) is 0.462. The fourth-order valence-electron chi connectivity index (χ4n) is 1.69. The average Bonchev–Trinajstić information content (AvgIpc) is 2.49. The molecule has 0 aliphatic carbocycles. The van der Waals surface area contributed by atoms with Crippen LogP contribution in [0, 0.1) is 28.7 Å². The third-order valence-corrected chi connectivity index (χ3v) is 2.71. The predicted molar refractivity (Wildman–Crippen MR) is 76.1 cm³/mol. The van der Waals surface area contributed by atoms with E-state index in [1.54, 1.807) is 6.92 Å². The summed E-state index contributed by atoms with van der Waals surface area (Å²) < 4.78 is 30.9. The van der Waals surface area contributed by atoms with Crippen LogP contribution in [0.15, 0.2) is 30.3 Å². The van der Waals surface area contributed by atoms with Gasteiger partial charge in [-0.25, -0.2) is 8.78 Å². The summed E-state index contributed by atoms with van der Waals surface area (Å²) in [6, 6.07) is 5.66. The average molecular weight is 323 g/mol. The molecule has 1 amide bonds. The van der Waals surface area contributed by atoms with Gasteiger partial charge in [-0.05, 0) is 34.2 Å². The number of hydrogen-bond donors (Lipinski definition) is 1. The Hall–Kier alpha value is -3.10.